The van der Waals surface area contributed by atoms with Crippen LogP contribution in [-0.4, -0.2) is 129 Å². The lowest BCUT2D eigenvalue weighted by molar-refractivity contribution is -0.123. The van der Waals surface area contributed by atoms with Crippen molar-refractivity contribution in [2.45, 2.75) is 51.0 Å². The van der Waals surface area contributed by atoms with Crippen LogP contribution >= 0.6 is 0 Å². The van der Waals surface area contributed by atoms with E-state index in [4.69, 9.17) is 41.3 Å². The first-order valence-electron chi connectivity index (χ1n) is 15.3. The summed E-state index contributed by atoms with van der Waals surface area (Å²) in [6.45, 7) is 7.06. The molecule has 0 saturated heterocycles. The molecule has 4 N–H and O–H groups in total. The van der Waals surface area contributed by atoms with Crippen molar-refractivity contribution < 1.29 is 47.6 Å². The van der Waals surface area contributed by atoms with Gasteiger partial charge in [-0.1, -0.05) is 11.8 Å². The van der Waals surface area contributed by atoms with Gasteiger partial charge in [-0.2, -0.15) is 0 Å². The van der Waals surface area contributed by atoms with Gasteiger partial charge in [0.25, 0.3) is 0 Å². The van der Waals surface area contributed by atoms with Crippen LogP contribution in [0.5, 0.6) is 0 Å². The van der Waals surface area contributed by atoms with Gasteiger partial charge < -0.3 is 49.7 Å². The third-order valence-corrected chi connectivity index (χ3v) is 6.25. The molecule has 0 aliphatic carbocycles. The maximum Gasteiger partial charge on any atom is 0.220 e. The van der Waals surface area contributed by atoms with Gasteiger partial charge in [0.2, 0.25) is 24.1 Å². The van der Waals surface area contributed by atoms with Crippen molar-refractivity contribution in [3.8, 4) is 24.7 Å². The highest BCUT2D eigenvalue weighted by molar-refractivity contribution is 5.77. The van der Waals surface area contributed by atoms with Crippen LogP contribution in [0.1, 0.15) is 45.4 Å². The molecule has 4 amide bonds. The second-order valence-corrected chi connectivity index (χ2v) is 9.64. The van der Waals surface area contributed by atoms with E-state index in [0.29, 0.717) is 79.0 Å². The van der Waals surface area contributed by atoms with Crippen molar-refractivity contribution in [1.29, 1.82) is 0 Å². The van der Waals surface area contributed by atoms with E-state index in [-0.39, 0.29) is 82.5 Å². The number of amides is 4. The Morgan fingerprint density at radius 2 is 0.956 bits per heavy atom. The molecule has 0 aliphatic heterocycles. The molecular weight excluding hydrogens is 588 g/mol. The van der Waals surface area contributed by atoms with Crippen LogP contribution in [0.2, 0.25) is 0 Å². The summed E-state index contributed by atoms with van der Waals surface area (Å²) in [6.07, 6.45) is 11.6. The third kappa shape index (κ3) is 26.8. The monoisotopic (exact) mass is 640 g/mol. The molecule has 0 atom stereocenters. The van der Waals surface area contributed by atoms with Crippen LogP contribution in [-0.2, 0) is 47.6 Å². The fourth-order valence-electron chi connectivity index (χ4n) is 3.89. The zero-order valence-electron chi connectivity index (χ0n) is 26.7. The van der Waals surface area contributed by atoms with E-state index in [2.05, 4.69) is 33.1 Å². The van der Waals surface area contributed by atoms with Crippen LogP contribution in [0.3, 0.4) is 0 Å². The number of ether oxygens (including phenoxy) is 6. The summed E-state index contributed by atoms with van der Waals surface area (Å²) in [4.78, 5) is 49.3. The summed E-state index contributed by atoms with van der Waals surface area (Å²) in [5, 5.41) is 11.1. The summed E-state index contributed by atoms with van der Waals surface area (Å²) in [7, 11) is 0. The van der Waals surface area contributed by atoms with Crippen molar-refractivity contribution in [1.82, 2.24) is 21.3 Å². The number of hydrogen-bond acceptors (Lipinski definition) is 10. The van der Waals surface area contributed by atoms with Crippen LogP contribution in [0, 0.1) is 24.7 Å². The summed E-state index contributed by atoms with van der Waals surface area (Å²) in [6, 6.07) is 0. The topological polar surface area (TPSA) is 172 Å². The van der Waals surface area contributed by atoms with Crippen molar-refractivity contribution in [3.05, 3.63) is 0 Å². The number of carbonyl (C=O) groups excluding carboxylic acids is 4. The van der Waals surface area contributed by atoms with Gasteiger partial charge in [0.05, 0.1) is 59.5 Å². The summed E-state index contributed by atoms with van der Waals surface area (Å²) in [5.41, 5.74) is -0.961. The first-order chi connectivity index (χ1) is 21.9. The highest BCUT2D eigenvalue weighted by Crippen LogP contribution is 2.25. The molecule has 0 fully saturated rings. The van der Waals surface area contributed by atoms with Crippen molar-refractivity contribution in [2.24, 2.45) is 0 Å². The van der Waals surface area contributed by atoms with Crippen molar-refractivity contribution in [2.75, 3.05) is 98.9 Å². The first-order valence-corrected chi connectivity index (χ1v) is 15.3. The minimum absolute atomic E-state index is 0.0681. The largest absolute Gasteiger partial charge is 0.379 e. The fraction of sp³-hybridized carbons (Fsp3) is 0.742. The first kappa shape index (κ1) is 41.8. The molecule has 0 aromatic heterocycles. The Morgan fingerprint density at radius 1 is 0.600 bits per heavy atom. The Balaban J connectivity index is 4.84. The SMILES string of the molecule is C#CCOCCOCCNC(=O)CCC(CCC(=O)NCCOCCOCC)(CCC(=O)NCCOCCOCC#C)NC=O. The predicted octanol–water partition coefficient (Wildman–Crippen LogP) is -0.454. The fourth-order valence-corrected chi connectivity index (χ4v) is 3.89. The van der Waals surface area contributed by atoms with Gasteiger partial charge in [-0.15, -0.1) is 12.8 Å². The average molecular weight is 641 g/mol. The molecule has 0 spiro atoms. The molecule has 14 heteroatoms. The van der Waals surface area contributed by atoms with Crippen molar-refractivity contribution in [3.63, 3.8) is 0 Å². The van der Waals surface area contributed by atoms with E-state index >= 15 is 0 Å². The van der Waals surface area contributed by atoms with Gasteiger partial charge in [0.1, 0.15) is 13.2 Å². The van der Waals surface area contributed by atoms with Gasteiger partial charge in [0.15, 0.2) is 0 Å². The van der Waals surface area contributed by atoms with E-state index in [0.717, 1.165) is 0 Å². The lowest BCUT2D eigenvalue weighted by Gasteiger charge is -2.33. The average Bonchev–Trinajstić information content (AvgIpc) is 3.03. The zero-order chi connectivity index (χ0) is 33.3. The molecule has 0 saturated carbocycles. The summed E-state index contributed by atoms with van der Waals surface area (Å²) < 4.78 is 31.6. The maximum absolute atomic E-state index is 12.6. The van der Waals surface area contributed by atoms with Crippen LogP contribution in [0.25, 0.3) is 0 Å². The Bertz CT molecular complexity index is 829. The van der Waals surface area contributed by atoms with Gasteiger partial charge in [0, 0.05) is 51.0 Å². The van der Waals surface area contributed by atoms with Gasteiger partial charge in [-0.05, 0) is 26.2 Å². The normalized spacial score (nSPS) is 10.8. The van der Waals surface area contributed by atoms with Gasteiger partial charge in [-0.25, -0.2) is 0 Å². The molecular formula is C31H52N4O10. The molecule has 0 rings (SSSR count). The maximum atomic E-state index is 12.6. The standard InChI is InChI=1S/C31H52N4O10/c1-4-16-41-23-25-44-19-14-33-29(38)8-11-31(35-27-36,10-7-28(37)32-13-18-43-22-21-40-6-3)12-9-30(39)34-15-20-45-26-24-42-17-5-2/h1-2,27H,6-26H2,3H3,(H,32,37)(H,33,38)(H,34,39)(H,35,36). The lowest BCUT2D eigenvalue weighted by Crippen LogP contribution is -2.47. The molecule has 256 valence electrons. The molecule has 14 nitrogen and oxygen atoms in total. The predicted molar refractivity (Wildman–Crippen MR) is 167 cm³/mol. The Hall–Kier alpha value is -3.24. The Labute approximate surface area is 267 Å². The molecule has 0 aliphatic rings. The third-order valence-electron chi connectivity index (χ3n) is 6.25. The van der Waals surface area contributed by atoms with E-state index in [1.54, 1.807) is 0 Å². The highest BCUT2D eigenvalue weighted by Gasteiger charge is 2.31. The quantitative estimate of drug-likeness (QED) is 0.0429. The smallest absolute Gasteiger partial charge is 0.220 e. The van der Waals surface area contributed by atoms with E-state index in [1.165, 1.54) is 0 Å². The van der Waals surface area contributed by atoms with Crippen LogP contribution in [0.4, 0.5) is 0 Å². The van der Waals surface area contributed by atoms with Crippen molar-refractivity contribution >= 4 is 24.1 Å². The van der Waals surface area contributed by atoms with Gasteiger partial charge >= 0.3 is 0 Å². The Kier molecular flexibility index (Phi) is 28.6. The summed E-state index contributed by atoms with van der Waals surface area (Å²) in [5.74, 6) is 3.99. The summed E-state index contributed by atoms with van der Waals surface area (Å²) >= 11 is 0. The number of carbonyl (C=O) groups is 4. The molecule has 0 heterocycles. The van der Waals surface area contributed by atoms with E-state index < -0.39 is 5.54 Å². The molecule has 0 bridgehead atoms. The second kappa shape index (κ2) is 30.8. The Morgan fingerprint density at radius 3 is 1.29 bits per heavy atom. The number of terminal acetylenes is 2. The van der Waals surface area contributed by atoms with E-state index in [9.17, 15) is 19.2 Å². The molecule has 0 aromatic rings. The van der Waals surface area contributed by atoms with E-state index in [1.807, 2.05) is 6.92 Å². The number of hydrogen-bond donors (Lipinski definition) is 4. The molecule has 0 unspecified atom stereocenters. The number of rotatable bonds is 32. The highest BCUT2D eigenvalue weighted by atomic mass is 16.5. The molecule has 45 heavy (non-hydrogen) atoms. The van der Waals surface area contributed by atoms with Crippen LogP contribution in [0.15, 0.2) is 0 Å². The minimum atomic E-state index is -0.961. The lowest BCUT2D eigenvalue weighted by atomic mass is 9.83. The second-order valence-electron chi connectivity index (χ2n) is 9.64. The van der Waals surface area contributed by atoms with Gasteiger partial charge in [-0.3, -0.25) is 19.2 Å². The number of nitrogens with one attached hydrogen (secondary N) is 4. The molecule has 0 aromatic carbocycles. The molecule has 0 radical (unpaired) electrons. The zero-order valence-corrected chi connectivity index (χ0v) is 26.7. The minimum Gasteiger partial charge on any atom is -0.379 e. The van der Waals surface area contributed by atoms with Crippen LogP contribution < -0.4 is 21.3 Å².